The number of rotatable bonds is 4. The second-order valence-corrected chi connectivity index (χ2v) is 4.37. The van der Waals surface area contributed by atoms with Gasteiger partial charge in [0.15, 0.2) is 0 Å². The molecule has 6 heteroatoms. The van der Waals surface area contributed by atoms with Gasteiger partial charge in [0.05, 0.1) is 5.92 Å². The molecule has 0 aliphatic carbocycles. The Kier molecular flexibility index (Phi) is 3.40. The summed E-state index contributed by atoms with van der Waals surface area (Å²) in [6.07, 6.45) is 0. The molecule has 2 unspecified atom stereocenters. The van der Waals surface area contributed by atoms with Gasteiger partial charge in [-0.2, -0.15) is 0 Å². The molecular formula is C8H13N3O2S. The van der Waals surface area contributed by atoms with E-state index in [9.17, 15) is 4.79 Å². The van der Waals surface area contributed by atoms with Crippen molar-refractivity contribution in [1.29, 1.82) is 0 Å². The number of hydrogen-bond acceptors (Lipinski definition) is 5. The SMILES string of the molecule is Cc1nnc(NC(C)C(C)C(=O)O)s1. The maximum Gasteiger partial charge on any atom is 0.308 e. The van der Waals surface area contributed by atoms with Crippen molar-refractivity contribution < 1.29 is 9.90 Å². The van der Waals surface area contributed by atoms with Gasteiger partial charge in [-0.1, -0.05) is 11.3 Å². The minimum absolute atomic E-state index is 0.153. The third kappa shape index (κ3) is 2.66. The van der Waals surface area contributed by atoms with Gasteiger partial charge in [0, 0.05) is 6.04 Å². The highest BCUT2D eigenvalue weighted by atomic mass is 32.1. The minimum Gasteiger partial charge on any atom is -0.481 e. The molecule has 0 amide bonds. The van der Waals surface area contributed by atoms with Crippen LogP contribution in [0.3, 0.4) is 0 Å². The number of carbonyl (C=O) groups is 1. The molecule has 0 saturated carbocycles. The van der Waals surface area contributed by atoms with E-state index >= 15 is 0 Å². The number of aliphatic carboxylic acids is 1. The van der Waals surface area contributed by atoms with Crippen LogP contribution in [0.4, 0.5) is 5.13 Å². The topological polar surface area (TPSA) is 75.1 Å². The van der Waals surface area contributed by atoms with Crippen LogP contribution < -0.4 is 5.32 Å². The molecule has 1 rings (SSSR count). The van der Waals surface area contributed by atoms with Crippen molar-refractivity contribution in [2.24, 2.45) is 5.92 Å². The van der Waals surface area contributed by atoms with Crippen LogP contribution in [-0.4, -0.2) is 27.3 Å². The molecule has 78 valence electrons. The number of nitrogens with one attached hydrogen (secondary N) is 1. The second-order valence-electron chi connectivity index (χ2n) is 3.19. The fourth-order valence-corrected chi connectivity index (χ4v) is 1.58. The van der Waals surface area contributed by atoms with Crippen molar-refractivity contribution in [3.63, 3.8) is 0 Å². The number of carboxylic acid groups (broad SMARTS) is 1. The Morgan fingerprint density at radius 1 is 1.50 bits per heavy atom. The maximum absolute atomic E-state index is 10.7. The number of carboxylic acids is 1. The van der Waals surface area contributed by atoms with Gasteiger partial charge in [-0.15, -0.1) is 10.2 Å². The molecule has 1 heterocycles. The van der Waals surface area contributed by atoms with Gasteiger partial charge >= 0.3 is 5.97 Å². The fraction of sp³-hybridized carbons (Fsp3) is 0.625. The van der Waals surface area contributed by atoms with Crippen LogP contribution in [0.5, 0.6) is 0 Å². The summed E-state index contributed by atoms with van der Waals surface area (Å²) in [5.74, 6) is -1.26. The molecule has 14 heavy (non-hydrogen) atoms. The summed E-state index contributed by atoms with van der Waals surface area (Å²) < 4.78 is 0. The molecule has 0 saturated heterocycles. The molecule has 0 aliphatic rings. The van der Waals surface area contributed by atoms with Crippen LogP contribution in [0.25, 0.3) is 0 Å². The third-order valence-electron chi connectivity index (χ3n) is 2.02. The summed E-state index contributed by atoms with van der Waals surface area (Å²) >= 11 is 1.42. The quantitative estimate of drug-likeness (QED) is 0.793. The standard InChI is InChI=1S/C8H13N3O2S/c1-4(7(12)13)5(2)9-8-11-10-6(3)14-8/h4-5H,1-3H3,(H,9,11)(H,12,13). The highest BCUT2D eigenvalue weighted by molar-refractivity contribution is 7.15. The average Bonchev–Trinajstić information content (AvgIpc) is 2.49. The Hall–Kier alpha value is -1.17. The van der Waals surface area contributed by atoms with E-state index in [1.54, 1.807) is 6.92 Å². The Morgan fingerprint density at radius 3 is 2.57 bits per heavy atom. The first-order valence-corrected chi connectivity index (χ1v) is 5.12. The van der Waals surface area contributed by atoms with Gasteiger partial charge in [-0.05, 0) is 20.8 Å². The zero-order valence-corrected chi connectivity index (χ0v) is 9.13. The van der Waals surface area contributed by atoms with E-state index in [0.717, 1.165) is 5.01 Å². The van der Waals surface area contributed by atoms with Gasteiger partial charge in [0.2, 0.25) is 5.13 Å². The summed E-state index contributed by atoms with van der Waals surface area (Å²) in [4.78, 5) is 10.7. The zero-order valence-electron chi connectivity index (χ0n) is 8.31. The van der Waals surface area contributed by atoms with Crippen molar-refractivity contribution in [3.05, 3.63) is 5.01 Å². The van der Waals surface area contributed by atoms with Crippen LogP contribution in [0, 0.1) is 12.8 Å². The fourth-order valence-electron chi connectivity index (χ4n) is 0.889. The lowest BCUT2D eigenvalue weighted by Gasteiger charge is -2.16. The molecule has 1 aromatic rings. The molecule has 2 N–H and O–H groups in total. The highest BCUT2D eigenvalue weighted by Gasteiger charge is 2.19. The molecule has 1 aromatic heterocycles. The summed E-state index contributed by atoms with van der Waals surface area (Å²) in [5.41, 5.74) is 0. The van der Waals surface area contributed by atoms with Crippen molar-refractivity contribution in [2.75, 3.05) is 5.32 Å². The summed E-state index contributed by atoms with van der Waals surface area (Å²) in [5, 5.41) is 21.0. The molecule has 2 atom stereocenters. The van der Waals surface area contributed by atoms with E-state index in [1.807, 2.05) is 13.8 Å². The predicted octanol–water partition coefficient (Wildman–Crippen LogP) is 1.37. The van der Waals surface area contributed by atoms with Crippen LogP contribution in [-0.2, 0) is 4.79 Å². The number of aryl methyl sites for hydroxylation is 1. The number of hydrogen-bond donors (Lipinski definition) is 2. The van der Waals surface area contributed by atoms with Gasteiger partial charge in [0.1, 0.15) is 5.01 Å². The van der Waals surface area contributed by atoms with Gasteiger partial charge < -0.3 is 10.4 Å². The van der Waals surface area contributed by atoms with E-state index in [-0.39, 0.29) is 6.04 Å². The zero-order chi connectivity index (χ0) is 10.7. The minimum atomic E-state index is -0.814. The molecule has 0 spiro atoms. The summed E-state index contributed by atoms with van der Waals surface area (Å²) in [6, 6.07) is -0.153. The van der Waals surface area contributed by atoms with Crippen LogP contribution in [0.2, 0.25) is 0 Å². The number of anilines is 1. The van der Waals surface area contributed by atoms with Gasteiger partial charge in [0.25, 0.3) is 0 Å². The summed E-state index contributed by atoms with van der Waals surface area (Å²) in [6.45, 7) is 5.33. The summed E-state index contributed by atoms with van der Waals surface area (Å²) in [7, 11) is 0. The molecule has 0 bridgehead atoms. The van der Waals surface area contributed by atoms with Crippen LogP contribution >= 0.6 is 11.3 Å². The molecule has 5 nitrogen and oxygen atoms in total. The average molecular weight is 215 g/mol. The normalized spacial score (nSPS) is 14.8. The molecule has 0 aromatic carbocycles. The van der Waals surface area contributed by atoms with Gasteiger partial charge in [-0.3, -0.25) is 4.79 Å². The van der Waals surface area contributed by atoms with Crippen molar-refractivity contribution >= 4 is 22.4 Å². The monoisotopic (exact) mass is 215 g/mol. The van der Waals surface area contributed by atoms with Crippen molar-refractivity contribution in [2.45, 2.75) is 26.8 Å². The first-order chi connectivity index (χ1) is 6.50. The Morgan fingerprint density at radius 2 is 2.14 bits per heavy atom. The Bertz CT molecular complexity index is 326. The lowest BCUT2D eigenvalue weighted by Crippen LogP contribution is -2.29. The molecular weight excluding hydrogens is 202 g/mol. The van der Waals surface area contributed by atoms with E-state index in [1.165, 1.54) is 11.3 Å². The molecule has 0 aliphatic heterocycles. The predicted molar refractivity (Wildman–Crippen MR) is 54.5 cm³/mol. The lowest BCUT2D eigenvalue weighted by atomic mass is 10.1. The molecule has 0 radical (unpaired) electrons. The highest BCUT2D eigenvalue weighted by Crippen LogP contribution is 2.17. The lowest BCUT2D eigenvalue weighted by molar-refractivity contribution is -0.141. The Balaban J connectivity index is 2.56. The van der Waals surface area contributed by atoms with E-state index in [4.69, 9.17) is 5.11 Å². The number of nitrogens with zero attached hydrogens (tertiary/aromatic N) is 2. The first-order valence-electron chi connectivity index (χ1n) is 4.30. The van der Waals surface area contributed by atoms with Crippen LogP contribution in [0.1, 0.15) is 18.9 Å². The second kappa shape index (κ2) is 4.36. The van der Waals surface area contributed by atoms with Gasteiger partial charge in [-0.25, -0.2) is 0 Å². The van der Waals surface area contributed by atoms with E-state index < -0.39 is 11.9 Å². The van der Waals surface area contributed by atoms with Crippen molar-refractivity contribution in [3.8, 4) is 0 Å². The first kappa shape index (κ1) is 10.9. The Labute approximate surface area is 86.2 Å². The van der Waals surface area contributed by atoms with E-state index in [0.29, 0.717) is 5.13 Å². The van der Waals surface area contributed by atoms with Crippen LogP contribution in [0.15, 0.2) is 0 Å². The maximum atomic E-state index is 10.7. The third-order valence-corrected chi connectivity index (χ3v) is 2.79. The largest absolute Gasteiger partial charge is 0.481 e. The number of aromatic nitrogens is 2. The smallest absolute Gasteiger partial charge is 0.308 e. The molecule has 0 fully saturated rings. The van der Waals surface area contributed by atoms with E-state index in [2.05, 4.69) is 15.5 Å². The van der Waals surface area contributed by atoms with Crippen molar-refractivity contribution in [1.82, 2.24) is 10.2 Å².